The van der Waals surface area contributed by atoms with Gasteiger partial charge in [-0.25, -0.2) is 9.07 Å². The highest BCUT2D eigenvalue weighted by Gasteiger charge is 2.18. The average Bonchev–Trinajstić information content (AvgIpc) is 2.97. The number of nitrogens with zero attached hydrogens (tertiary/aromatic N) is 2. The van der Waals surface area contributed by atoms with Crippen molar-refractivity contribution in [1.82, 2.24) is 15.1 Å². The number of para-hydroxylation sites is 1. The zero-order valence-corrected chi connectivity index (χ0v) is 14.6. The first-order chi connectivity index (χ1) is 12.0. The van der Waals surface area contributed by atoms with E-state index in [4.69, 9.17) is 11.6 Å². The number of rotatable bonds is 4. The Bertz CT molecular complexity index is 923. The van der Waals surface area contributed by atoms with Gasteiger partial charge in [0.25, 0.3) is 5.91 Å². The van der Waals surface area contributed by atoms with Crippen LogP contribution in [0.4, 0.5) is 4.39 Å². The van der Waals surface area contributed by atoms with Crippen LogP contribution in [0.15, 0.2) is 54.7 Å². The first kappa shape index (κ1) is 17.2. The number of halogens is 2. The molecule has 1 N–H and O–H groups in total. The molecule has 4 nitrogen and oxygen atoms in total. The molecule has 3 aromatic rings. The summed E-state index contributed by atoms with van der Waals surface area (Å²) in [7, 11) is 0. The highest BCUT2D eigenvalue weighted by molar-refractivity contribution is 6.30. The molecule has 0 aliphatic rings. The molecular weight excluding hydrogens is 341 g/mol. The number of amides is 1. The van der Waals surface area contributed by atoms with Crippen LogP contribution in [0.5, 0.6) is 0 Å². The number of hydrogen-bond donors (Lipinski definition) is 1. The first-order valence-corrected chi connectivity index (χ1v) is 8.21. The van der Waals surface area contributed by atoms with Gasteiger partial charge < -0.3 is 5.32 Å². The number of carbonyl (C=O) groups excluding carboxylic acids is 1. The minimum Gasteiger partial charge on any atom is -0.345 e. The van der Waals surface area contributed by atoms with Crippen LogP contribution in [-0.2, 0) is 0 Å². The van der Waals surface area contributed by atoms with Gasteiger partial charge >= 0.3 is 0 Å². The molecule has 2 aromatic carbocycles. The highest BCUT2D eigenvalue weighted by atomic mass is 35.5. The number of nitrogens with one attached hydrogen (secondary N) is 1. The lowest BCUT2D eigenvalue weighted by Gasteiger charge is -2.14. The van der Waals surface area contributed by atoms with Gasteiger partial charge in [-0.3, -0.25) is 4.79 Å². The third-order valence-corrected chi connectivity index (χ3v) is 4.27. The van der Waals surface area contributed by atoms with Gasteiger partial charge in [0.2, 0.25) is 0 Å². The predicted octanol–water partition coefficient (Wildman–Crippen LogP) is 4.46. The van der Waals surface area contributed by atoms with Crippen molar-refractivity contribution in [2.75, 3.05) is 0 Å². The molecule has 0 radical (unpaired) electrons. The van der Waals surface area contributed by atoms with E-state index in [0.29, 0.717) is 22.0 Å². The largest absolute Gasteiger partial charge is 0.345 e. The monoisotopic (exact) mass is 357 g/mol. The maximum Gasteiger partial charge on any atom is 0.255 e. The molecule has 1 amide bonds. The van der Waals surface area contributed by atoms with Crippen LogP contribution in [-0.4, -0.2) is 15.7 Å². The molecule has 128 valence electrons. The van der Waals surface area contributed by atoms with Crippen molar-refractivity contribution in [3.63, 3.8) is 0 Å². The van der Waals surface area contributed by atoms with Crippen LogP contribution in [0.25, 0.3) is 5.69 Å². The summed E-state index contributed by atoms with van der Waals surface area (Å²) in [6, 6.07) is 13.4. The molecule has 6 heteroatoms. The molecular formula is C19H17ClFN3O. The topological polar surface area (TPSA) is 46.9 Å². The van der Waals surface area contributed by atoms with Crippen molar-refractivity contribution < 1.29 is 9.18 Å². The second-order valence-corrected chi connectivity index (χ2v) is 6.19. The average molecular weight is 358 g/mol. The molecule has 0 aliphatic heterocycles. The Hall–Kier alpha value is -2.66. The molecule has 1 atom stereocenters. The fourth-order valence-electron chi connectivity index (χ4n) is 2.63. The zero-order valence-electron chi connectivity index (χ0n) is 13.8. The fraction of sp³-hybridized carbons (Fsp3) is 0.158. The van der Waals surface area contributed by atoms with Crippen molar-refractivity contribution >= 4 is 17.5 Å². The molecule has 1 unspecified atom stereocenters. The standard InChI is InChI=1S/C19H17ClFN3O/c1-12(14-6-5-7-15(20)10-14)23-19(25)16-11-22-24(13(16)2)18-9-4-3-8-17(18)21/h3-12H,1-2H3,(H,23,25). The van der Waals surface area contributed by atoms with E-state index in [1.54, 1.807) is 31.2 Å². The van der Waals surface area contributed by atoms with Crippen molar-refractivity contribution in [2.45, 2.75) is 19.9 Å². The van der Waals surface area contributed by atoms with Gasteiger partial charge in [-0.15, -0.1) is 0 Å². The minimum atomic E-state index is -0.395. The fourth-order valence-corrected chi connectivity index (χ4v) is 2.83. The van der Waals surface area contributed by atoms with Crippen LogP contribution >= 0.6 is 11.6 Å². The van der Waals surface area contributed by atoms with Gasteiger partial charge in [0.05, 0.1) is 23.5 Å². The summed E-state index contributed by atoms with van der Waals surface area (Å²) in [5, 5.41) is 7.69. The van der Waals surface area contributed by atoms with E-state index in [0.717, 1.165) is 5.56 Å². The molecule has 1 aromatic heterocycles. The Kier molecular flexibility index (Phi) is 4.86. The second-order valence-electron chi connectivity index (χ2n) is 5.76. The molecule has 25 heavy (non-hydrogen) atoms. The summed E-state index contributed by atoms with van der Waals surface area (Å²) in [5.41, 5.74) is 2.18. The molecule has 0 aliphatic carbocycles. The Labute approximate surface area is 150 Å². The summed E-state index contributed by atoms with van der Waals surface area (Å²) >= 11 is 5.99. The minimum absolute atomic E-state index is 0.220. The molecule has 0 bridgehead atoms. The van der Waals surface area contributed by atoms with E-state index in [1.165, 1.54) is 16.9 Å². The quantitative estimate of drug-likeness (QED) is 0.749. The summed E-state index contributed by atoms with van der Waals surface area (Å²) in [4.78, 5) is 12.6. The first-order valence-electron chi connectivity index (χ1n) is 7.83. The molecule has 0 saturated heterocycles. The van der Waals surface area contributed by atoms with Crippen LogP contribution in [0.3, 0.4) is 0 Å². The summed E-state index contributed by atoms with van der Waals surface area (Å²) in [5.74, 6) is -0.666. The van der Waals surface area contributed by atoms with Gasteiger partial charge in [-0.1, -0.05) is 35.9 Å². The SMILES string of the molecule is Cc1c(C(=O)NC(C)c2cccc(Cl)c2)cnn1-c1ccccc1F. The normalized spacial score (nSPS) is 12.0. The Morgan fingerprint density at radius 3 is 2.72 bits per heavy atom. The van der Waals surface area contributed by atoms with E-state index >= 15 is 0 Å². The van der Waals surface area contributed by atoms with E-state index in [2.05, 4.69) is 10.4 Å². The van der Waals surface area contributed by atoms with Gasteiger partial charge in [0.1, 0.15) is 11.5 Å². The summed E-state index contributed by atoms with van der Waals surface area (Å²) in [6.45, 7) is 3.61. The number of aromatic nitrogens is 2. The Morgan fingerprint density at radius 1 is 1.24 bits per heavy atom. The van der Waals surface area contributed by atoms with Gasteiger partial charge in [0, 0.05) is 5.02 Å². The van der Waals surface area contributed by atoms with E-state index < -0.39 is 5.82 Å². The van der Waals surface area contributed by atoms with Crippen molar-refractivity contribution in [1.29, 1.82) is 0 Å². The predicted molar refractivity (Wildman–Crippen MR) is 95.6 cm³/mol. The third kappa shape index (κ3) is 3.56. The number of carbonyl (C=O) groups is 1. The summed E-state index contributed by atoms with van der Waals surface area (Å²) < 4.78 is 15.4. The Morgan fingerprint density at radius 2 is 2.00 bits per heavy atom. The lowest BCUT2D eigenvalue weighted by molar-refractivity contribution is 0.0939. The van der Waals surface area contributed by atoms with Crippen LogP contribution in [0.1, 0.15) is 34.6 Å². The smallest absolute Gasteiger partial charge is 0.255 e. The van der Waals surface area contributed by atoms with Crippen LogP contribution in [0, 0.1) is 12.7 Å². The second kappa shape index (κ2) is 7.07. The Balaban J connectivity index is 1.83. The van der Waals surface area contributed by atoms with Crippen molar-refractivity contribution in [3.8, 4) is 5.69 Å². The van der Waals surface area contributed by atoms with Crippen molar-refractivity contribution in [2.24, 2.45) is 0 Å². The number of hydrogen-bond acceptors (Lipinski definition) is 2. The van der Waals surface area contributed by atoms with Gasteiger partial charge in [0.15, 0.2) is 0 Å². The highest BCUT2D eigenvalue weighted by Crippen LogP contribution is 2.20. The number of benzene rings is 2. The maximum absolute atomic E-state index is 14.0. The lowest BCUT2D eigenvalue weighted by atomic mass is 10.1. The van der Waals surface area contributed by atoms with Gasteiger partial charge in [-0.2, -0.15) is 5.10 Å². The van der Waals surface area contributed by atoms with E-state index in [1.807, 2.05) is 25.1 Å². The lowest BCUT2D eigenvalue weighted by Crippen LogP contribution is -2.27. The summed E-state index contributed by atoms with van der Waals surface area (Å²) in [6.07, 6.45) is 1.45. The van der Waals surface area contributed by atoms with Crippen LogP contribution in [0.2, 0.25) is 5.02 Å². The maximum atomic E-state index is 14.0. The molecule has 3 rings (SSSR count). The third-order valence-electron chi connectivity index (χ3n) is 4.03. The van der Waals surface area contributed by atoms with Gasteiger partial charge in [-0.05, 0) is 43.7 Å². The molecule has 0 saturated carbocycles. The molecule has 0 fully saturated rings. The molecule has 1 heterocycles. The van der Waals surface area contributed by atoms with E-state index in [9.17, 15) is 9.18 Å². The van der Waals surface area contributed by atoms with E-state index in [-0.39, 0.29) is 11.9 Å². The zero-order chi connectivity index (χ0) is 18.0. The van der Waals surface area contributed by atoms with Crippen molar-refractivity contribution in [3.05, 3.63) is 82.4 Å². The molecule has 0 spiro atoms. The van der Waals surface area contributed by atoms with Crippen LogP contribution < -0.4 is 5.32 Å².